The third-order valence-electron chi connectivity index (χ3n) is 3.56. The largest absolute Gasteiger partial charge is 0.497 e. The van der Waals surface area contributed by atoms with Gasteiger partial charge in [0.25, 0.3) is 0 Å². The Morgan fingerprint density at radius 2 is 1.70 bits per heavy atom. The van der Waals surface area contributed by atoms with E-state index in [0.29, 0.717) is 28.8 Å². The number of hydrogen-bond donors (Lipinski definition) is 2. The van der Waals surface area contributed by atoms with Crippen LogP contribution in [0.2, 0.25) is 10.0 Å². The molecule has 0 saturated carbocycles. The molecule has 2 aromatic carbocycles. The van der Waals surface area contributed by atoms with Crippen molar-refractivity contribution in [2.24, 2.45) is 0 Å². The second-order valence-electron chi connectivity index (χ2n) is 5.65. The molecule has 8 heteroatoms. The van der Waals surface area contributed by atoms with Crippen molar-refractivity contribution >= 4 is 35.0 Å². The fourth-order valence-electron chi connectivity index (χ4n) is 2.18. The van der Waals surface area contributed by atoms with Crippen molar-refractivity contribution in [3.63, 3.8) is 0 Å². The van der Waals surface area contributed by atoms with Crippen LogP contribution in [0.4, 0.5) is 0 Å². The minimum absolute atomic E-state index is 0.155. The Kier molecular flexibility index (Phi) is 8.23. The summed E-state index contributed by atoms with van der Waals surface area (Å²) in [6, 6.07) is 12.1. The van der Waals surface area contributed by atoms with Crippen LogP contribution in [0.5, 0.6) is 11.5 Å². The highest BCUT2D eigenvalue weighted by molar-refractivity contribution is 6.35. The van der Waals surface area contributed by atoms with E-state index in [1.807, 2.05) is 0 Å². The van der Waals surface area contributed by atoms with E-state index in [1.54, 1.807) is 49.6 Å². The fraction of sp³-hybridized carbons (Fsp3) is 0.263. The Labute approximate surface area is 167 Å². The van der Waals surface area contributed by atoms with Crippen LogP contribution in [0.25, 0.3) is 0 Å². The summed E-state index contributed by atoms with van der Waals surface area (Å²) in [7, 11) is 1.58. The lowest BCUT2D eigenvalue weighted by Gasteiger charge is -2.09. The lowest BCUT2D eigenvalue weighted by molar-refractivity contribution is -0.128. The molecule has 0 aliphatic heterocycles. The van der Waals surface area contributed by atoms with Crippen LogP contribution in [-0.2, 0) is 16.0 Å². The number of carbonyl (C=O) groups excluding carboxylic acids is 2. The van der Waals surface area contributed by atoms with Gasteiger partial charge in [0.1, 0.15) is 11.5 Å². The molecule has 2 aromatic rings. The molecule has 0 bridgehead atoms. The van der Waals surface area contributed by atoms with E-state index in [1.165, 1.54) is 0 Å². The minimum Gasteiger partial charge on any atom is -0.497 e. The molecule has 0 fully saturated rings. The summed E-state index contributed by atoms with van der Waals surface area (Å²) >= 11 is 11.8. The molecule has 0 aromatic heterocycles. The molecular weight excluding hydrogens is 391 g/mol. The Morgan fingerprint density at radius 1 is 1.00 bits per heavy atom. The lowest BCUT2D eigenvalue weighted by atomic mass is 10.1. The van der Waals surface area contributed by atoms with E-state index in [9.17, 15) is 9.59 Å². The molecular formula is C19H20Cl2N2O4. The van der Waals surface area contributed by atoms with E-state index in [4.69, 9.17) is 32.7 Å². The van der Waals surface area contributed by atoms with Gasteiger partial charge in [-0.2, -0.15) is 0 Å². The smallest absolute Gasteiger partial charge is 0.242 e. The van der Waals surface area contributed by atoms with Gasteiger partial charge < -0.3 is 9.47 Å². The Balaban J connectivity index is 1.63. The molecule has 0 saturated heterocycles. The Hall–Kier alpha value is -2.44. The zero-order valence-electron chi connectivity index (χ0n) is 14.8. The highest BCUT2D eigenvalue weighted by Crippen LogP contribution is 2.27. The predicted octanol–water partition coefficient (Wildman–Crippen LogP) is 3.55. The molecule has 0 atom stereocenters. The van der Waals surface area contributed by atoms with E-state index in [0.717, 1.165) is 11.3 Å². The summed E-state index contributed by atoms with van der Waals surface area (Å²) in [5, 5.41) is 0.940. The molecule has 0 unspecified atom stereocenters. The summed E-state index contributed by atoms with van der Waals surface area (Å²) in [6.45, 7) is 0.314. The molecule has 6 nitrogen and oxygen atoms in total. The maximum atomic E-state index is 11.8. The van der Waals surface area contributed by atoms with Gasteiger partial charge >= 0.3 is 0 Å². The van der Waals surface area contributed by atoms with E-state index >= 15 is 0 Å². The molecule has 0 spiro atoms. The molecule has 27 heavy (non-hydrogen) atoms. The molecule has 0 aliphatic carbocycles. The van der Waals surface area contributed by atoms with Crippen LogP contribution < -0.4 is 20.3 Å². The molecule has 144 valence electrons. The van der Waals surface area contributed by atoms with Gasteiger partial charge in [-0.05, 0) is 42.3 Å². The number of methoxy groups -OCH3 is 1. The summed E-state index contributed by atoms with van der Waals surface area (Å²) in [6.07, 6.45) is 0.829. The van der Waals surface area contributed by atoms with Crippen LogP contribution in [-0.4, -0.2) is 25.5 Å². The number of carbonyl (C=O) groups is 2. The number of amides is 2. The third-order valence-corrected chi connectivity index (χ3v) is 4.10. The van der Waals surface area contributed by atoms with Gasteiger partial charge in [-0.25, -0.2) is 0 Å². The van der Waals surface area contributed by atoms with E-state index in [-0.39, 0.29) is 24.7 Å². The second kappa shape index (κ2) is 10.6. The standard InChI is InChI=1S/C19H20Cl2N2O4/c1-26-15-7-4-13(5-8-15)11-19(25)23-22-18(24)3-2-10-27-17-9-6-14(20)12-16(17)21/h4-9,12H,2-3,10-11H2,1H3,(H,22,24)(H,23,25). The minimum atomic E-state index is -0.308. The molecule has 0 heterocycles. The van der Waals surface area contributed by atoms with Crippen LogP contribution >= 0.6 is 23.2 Å². The fourth-order valence-corrected chi connectivity index (χ4v) is 2.65. The quantitative estimate of drug-likeness (QED) is 0.515. The first kappa shape index (κ1) is 20.9. The zero-order valence-corrected chi connectivity index (χ0v) is 16.3. The SMILES string of the molecule is COc1ccc(CC(=O)NNC(=O)CCCOc2ccc(Cl)cc2Cl)cc1. The molecule has 2 amide bonds. The first-order valence-corrected chi connectivity index (χ1v) is 9.02. The van der Waals surface area contributed by atoms with Gasteiger partial charge in [0.15, 0.2) is 0 Å². The molecule has 0 radical (unpaired) electrons. The number of nitrogens with one attached hydrogen (secondary N) is 2. The number of rotatable bonds is 8. The average molecular weight is 411 g/mol. The first-order chi connectivity index (χ1) is 13.0. The summed E-state index contributed by atoms with van der Waals surface area (Å²) in [4.78, 5) is 23.6. The van der Waals surface area contributed by atoms with Crippen LogP contribution in [0.1, 0.15) is 18.4 Å². The highest BCUT2D eigenvalue weighted by atomic mass is 35.5. The predicted molar refractivity (Wildman–Crippen MR) is 104 cm³/mol. The van der Waals surface area contributed by atoms with Crippen LogP contribution in [0.15, 0.2) is 42.5 Å². The number of hydrogen-bond acceptors (Lipinski definition) is 4. The van der Waals surface area contributed by atoms with Crippen molar-refractivity contribution in [2.45, 2.75) is 19.3 Å². The maximum absolute atomic E-state index is 11.8. The third kappa shape index (κ3) is 7.37. The van der Waals surface area contributed by atoms with Gasteiger partial charge in [0.2, 0.25) is 11.8 Å². The maximum Gasteiger partial charge on any atom is 0.242 e. The highest BCUT2D eigenvalue weighted by Gasteiger charge is 2.07. The van der Waals surface area contributed by atoms with Gasteiger partial charge in [-0.3, -0.25) is 20.4 Å². The van der Waals surface area contributed by atoms with Gasteiger partial charge in [-0.1, -0.05) is 35.3 Å². The van der Waals surface area contributed by atoms with E-state index in [2.05, 4.69) is 10.9 Å². The van der Waals surface area contributed by atoms with Gasteiger partial charge in [0.05, 0.1) is 25.2 Å². The summed E-state index contributed by atoms with van der Waals surface area (Å²) in [5.41, 5.74) is 5.58. The van der Waals surface area contributed by atoms with Gasteiger partial charge in [0, 0.05) is 11.4 Å². The first-order valence-electron chi connectivity index (χ1n) is 8.26. The summed E-state index contributed by atoms with van der Waals surface area (Å²) < 4.78 is 10.6. The number of benzene rings is 2. The second-order valence-corrected chi connectivity index (χ2v) is 6.49. The van der Waals surface area contributed by atoms with E-state index < -0.39 is 0 Å². The lowest BCUT2D eigenvalue weighted by Crippen LogP contribution is -2.42. The van der Waals surface area contributed by atoms with Crippen molar-refractivity contribution in [3.05, 3.63) is 58.1 Å². The van der Waals surface area contributed by atoms with Crippen molar-refractivity contribution < 1.29 is 19.1 Å². The normalized spacial score (nSPS) is 10.2. The summed E-state index contributed by atoms with van der Waals surface area (Å²) in [5.74, 6) is 0.616. The number of halogens is 2. The van der Waals surface area contributed by atoms with Gasteiger partial charge in [-0.15, -0.1) is 0 Å². The van der Waals surface area contributed by atoms with Crippen molar-refractivity contribution in [2.75, 3.05) is 13.7 Å². The topological polar surface area (TPSA) is 76.7 Å². The van der Waals surface area contributed by atoms with Crippen LogP contribution in [0, 0.1) is 0 Å². The van der Waals surface area contributed by atoms with Crippen molar-refractivity contribution in [1.29, 1.82) is 0 Å². The Morgan fingerprint density at radius 3 is 2.37 bits per heavy atom. The van der Waals surface area contributed by atoms with Crippen molar-refractivity contribution in [3.8, 4) is 11.5 Å². The van der Waals surface area contributed by atoms with Crippen LogP contribution in [0.3, 0.4) is 0 Å². The zero-order chi connectivity index (χ0) is 19.6. The molecule has 0 aliphatic rings. The number of ether oxygens (including phenoxy) is 2. The van der Waals surface area contributed by atoms with Crippen molar-refractivity contribution in [1.82, 2.24) is 10.9 Å². The Bertz CT molecular complexity index is 782. The monoisotopic (exact) mass is 410 g/mol. The molecule has 2 N–H and O–H groups in total. The number of hydrazine groups is 1. The molecule has 2 rings (SSSR count). The average Bonchev–Trinajstić information content (AvgIpc) is 2.65.